The van der Waals surface area contributed by atoms with Crippen molar-refractivity contribution in [1.82, 2.24) is 0 Å². The van der Waals surface area contributed by atoms with Crippen LogP contribution in [0.15, 0.2) is 60.7 Å². The molecule has 28 heavy (non-hydrogen) atoms. The molecular formula is C20H14Cl2N2O4. The SMILES string of the molecule is Nc1ccc(OC(=O)c2cc(Cl)c(C(=O)Oc3ccc(N)cc3)cc2Cl)cc1. The Morgan fingerprint density at radius 1 is 0.643 bits per heavy atom. The molecule has 3 aromatic rings. The van der Waals surface area contributed by atoms with Gasteiger partial charge < -0.3 is 20.9 Å². The van der Waals surface area contributed by atoms with Crippen molar-refractivity contribution in [1.29, 1.82) is 0 Å². The number of anilines is 2. The number of carbonyl (C=O) groups excluding carboxylic acids is 2. The number of hydrogen-bond acceptors (Lipinski definition) is 6. The van der Waals surface area contributed by atoms with E-state index in [4.69, 9.17) is 44.1 Å². The molecule has 0 saturated heterocycles. The summed E-state index contributed by atoms with van der Waals surface area (Å²) in [6.07, 6.45) is 0. The second-order valence-electron chi connectivity index (χ2n) is 5.73. The Hall–Kier alpha value is -3.22. The maximum absolute atomic E-state index is 12.4. The van der Waals surface area contributed by atoms with Crippen LogP contribution in [0.5, 0.6) is 11.5 Å². The Kier molecular flexibility index (Phi) is 5.73. The smallest absolute Gasteiger partial charge is 0.345 e. The highest BCUT2D eigenvalue weighted by atomic mass is 35.5. The minimum Gasteiger partial charge on any atom is -0.423 e. The van der Waals surface area contributed by atoms with E-state index in [1.807, 2.05) is 0 Å². The summed E-state index contributed by atoms with van der Waals surface area (Å²) in [7, 11) is 0. The van der Waals surface area contributed by atoms with Gasteiger partial charge in [-0.25, -0.2) is 9.59 Å². The van der Waals surface area contributed by atoms with Crippen molar-refractivity contribution in [3.8, 4) is 11.5 Å². The lowest BCUT2D eigenvalue weighted by Crippen LogP contribution is -2.13. The largest absolute Gasteiger partial charge is 0.423 e. The fourth-order valence-corrected chi connectivity index (χ4v) is 2.74. The van der Waals surface area contributed by atoms with Crippen LogP contribution in [0.1, 0.15) is 20.7 Å². The fourth-order valence-electron chi connectivity index (χ4n) is 2.26. The molecule has 0 fully saturated rings. The van der Waals surface area contributed by atoms with Gasteiger partial charge in [-0.15, -0.1) is 0 Å². The number of rotatable bonds is 4. The van der Waals surface area contributed by atoms with Crippen LogP contribution in [0, 0.1) is 0 Å². The minimum atomic E-state index is -0.727. The van der Waals surface area contributed by atoms with E-state index in [-0.39, 0.29) is 21.2 Å². The van der Waals surface area contributed by atoms with Gasteiger partial charge in [-0.2, -0.15) is 0 Å². The third-order valence-corrected chi connectivity index (χ3v) is 4.30. The Morgan fingerprint density at radius 3 is 1.29 bits per heavy atom. The molecule has 8 heteroatoms. The van der Waals surface area contributed by atoms with Gasteiger partial charge in [0.2, 0.25) is 0 Å². The van der Waals surface area contributed by atoms with Gasteiger partial charge in [-0.1, -0.05) is 23.2 Å². The minimum absolute atomic E-state index is 0.00546. The molecule has 0 amide bonds. The molecule has 0 unspecified atom stereocenters. The molecule has 0 atom stereocenters. The van der Waals surface area contributed by atoms with Gasteiger partial charge in [0, 0.05) is 11.4 Å². The molecule has 6 nitrogen and oxygen atoms in total. The Labute approximate surface area is 170 Å². The molecule has 0 bridgehead atoms. The lowest BCUT2D eigenvalue weighted by atomic mass is 10.1. The van der Waals surface area contributed by atoms with E-state index in [2.05, 4.69) is 0 Å². The van der Waals surface area contributed by atoms with E-state index in [1.165, 1.54) is 12.1 Å². The van der Waals surface area contributed by atoms with Crippen LogP contribution < -0.4 is 20.9 Å². The third kappa shape index (κ3) is 4.54. The normalized spacial score (nSPS) is 10.4. The first-order chi connectivity index (χ1) is 13.3. The quantitative estimate of drug-likeness (QED) is 0.365. The molecule has 142 valence electrons. The molecule has 0 aliphatic carbocycles. The summed E-state index contributed by atoms with van der Waals surface area (Å²) in [5.41, 5.74) is 12.3. The number of hydrogen-bond donors (Lipinski definition) is 2. The summed E-state index contributed by atoms with van der Waals surface area (Å²) in [6, 6.07) is 15.0. The average molecular weight is 417 g/mol. The van der Waals surface area contributed by atoms with Gasteiger partial charge in [0.1, 0.15) is 11.5 Å². The lowest BCUT2D eigenvalue weighted by Gasteiger charge is -2.10. The number of esters is 2. The number of nitrogens with two attached hydrogens (primary N) is 2. The third-order valence-electron chi connectivity index (χ3n) is 3.68. The highest BCUT2D eigenvalue weighted by molar-refractivity contribution is 6.37. The van der Waals surface area contributed by atoms with Crippen LogP contribution >= 0.6 is 23.2 Å². The van der Waals surface area contributed by atoms with Crippen molar-refractivity contribution in [2.45, 2.75) is 0 Å². The number of nitrogen functional groups attached to an aromatic ring is 2. The Morgan fingerprint density at radius 2 is 0.964 bits per heavy atom. The van der Waals surface area contributed by atoms with Crippen LogP contribution in [-0.4, -0.2) is 11.9 Å². The van der Waals surface area contributed by atoms with Crippen molar-refractivity contribution >= 4 is 46.5 Å². The summed E-state index contributed by atoms with van der Waals surface area (Å²) in [4.78, 5) is 24.7. The number of ether oxygens (including phenoxy) is 2. The highest BCUT2D eigenvalue weighted by Gasteiger charge is 2.20. The van der Waals surface area contributed by atoms with E-state index in [0.717, 1.165) is 0 Å². The number of halogens is 2. The van der Waals surface area contributed by atoms with Crippen LogP contribution in [0.2, 0.25) is 10.0 Å². The average Bonchev–Trinajstić information content (AvgIpc) is 2.66. The molecular weight excluding hydrogens is 403 g/mol. The number of carbonyl (C=O) groups is 2. The zero-order valence-corrected chi connectivity index (χ0v) is 15.8. The van der Waals surface area contributed by atoms with Crippen molar-refractivity contribution in [2.75, 3.05) is 11.5 Å². The maximum atomic E-state index is 12.4. The lowest BCUT2D eigenvalue weighted by molar-refractivity contribution is 0.0720. The zero-order valence-electron chi connectivity index (χ0n) is 14.3. The van der Waals surface area contributed by atoms with E-state index in [0.29, 0.717) is 22.9 Å². The second kappa shape index (κ2) is 8.21. The van der Waals surface area contributed by atoms with Gasteiger partial charge in [0.15, 0.2) is 0 Å². The molecule has 0 aliphatic heterocycles. The topological polar surface area (TPSA) is 105 Å². The summed E-state index contributed by atoms with van der Waals surface area (Å²) in [5.74, 6) is -0.873. The van der Waals surface area contributed by atoms with Gasteiger partial charge in [0.05, 0.1) is 21.2 Å². The van der Waals surface area contributed by atoms with Crippen LogP contribution in [-0.2, 0) is 0 Å². The van der Waals surface area contributed by atoms with Gasteiger partial charge in [-0.3, -0.25) is 0 Å². The predicted molar refractivity (Wildman–Crippen MR) is 108 cm³/mol. The molecule has 0 saturated carbocycles. The highest BCUT2D eigenvalue weighted by Crippen LogP contribution is 2.28. The molecule has 0 aliphatic rings. The van der Waals surface area contributed by atoms with Crippen molar-refractivity contribution in [3.05, 3.63) is 81.8 Å². The first-order valence-electron chi connectivity index (χ1n) is 7.98. The molecule has 0 heterocycles. The molecule has 0 aromatic heterocycles. The van der Waals surface area contributed by atoms with Gasteiger partial charge >= 0.3 is 11.9 Å². The zero-order chi connectivity index (χ0) is 20.3. The Balaban J connectivity index is 1.79. The summed E-state index contributed by atoms with van der Waals surface area (Å²) in [5, 5.41) is -0.0109. The second-order valence-corrected chi connectivity index (χ2v) is 6.54. The molecule has 0 radical (unpaired) electrons. The van der Waals surface area contributed by atoms with E-state index >= 15 is 0 Å². The maximum Gasteiger partial charge on any atom is 0.345 e. The monoisotopic (exact) mass is 416 g/mol. The summed E-state index contributed by atoms with van der Waals surface area (Å²) in [6.45, 7) is 0. The van der Waals surface area contributed by atoms with Crippen molar-refractivity contribution in [2.24, 2.45) is 0 Å². The molecule has 3 aromatic carbocycles. The van der Waals surface area contributed by atoms with Crippen LogP contribution in [0.3, 0.4) is 0 Å². The standard InChI is InChI=1S/C20H14Cl2N2O4/c21-17-10-16(20(26)28-14-7-3-12(24)4-8-14)18(22)9-15(17)19(25)27-13-5-1-11(23)2-6-13/h1-10H,23-24H2. The van der Waals surface area contributed by atoms with Crippen LogP contribution in [0.4, 0.5) is 11.4 Å². The molecule has 0 spiro atoms. The summed E-state index contributed by atoms with van der Waals surface area (Å²) < 4.78 is 10.5. The van der Waals surface area contributed by atoms with Crippen LogP contribution in [0.25, 0.3) is 0 Å². The van der Waals surface area contributed by atoms with Crippen molar-refractivity contribution < 1.29 is 19.1 Å². The molecule has 3 rings (SSSR count). The predicted octanol–water partition coefficient (Wildman–Crippen LogP) is 4.60. The Bertz CT molecular complexity index is 950. The summed E-state index contributed by atoms with van der Waals surface area (Å²) >= 11 is 12.3. The van der Waals surface area contributed by atoms with E-state index in [9.17, 15) is 9.59 Å². The van der Waals surface area contributed by atoms with Gasteiger partial charge in [0.25, 0.3) is 0 Å². The first-order valence-corrected chi connectivity index (χ1v) is 8.73. The first kappa shape index (κ1) is 19.5. The van der Waals surface area contributed by atoms with E-state index < -0.39 is 11.9 Å². The van der Waals surface area contributed by atoms with Gasteiger partial charge in [-0.05, 0) is 60.7 Å². The number of benzene rings is 3. The van der Waals surface area contributed by atoms with Crippen molar-refractivity contribution in [3.63, 3.8) is 0 Å². The fraction of sp³-hybridized carbons (Fsp3) is 0. The molecule has 4 N–H and O–H groups in total. The van der Waals surface area contributed by atoms with E-state index in [1.54, 1.807) is 48.5 Å².